The van der Waals surface area contributed by atoms with E-state index in [4.69, 9.17) is 5.73 Å². The monoisotopic (exact) mass is 182 g/mol. The van der Waals surface area contributed by atoms with Gasteiger partial charge < -0.3 is 11.1 Å². The number of nitrogens with one attached hydrogen (secondary N) is 1. The van der Waals surface area contributed by atoms with Crippen molar-refractivity contribution >= 4 is 5.69 Å². The molecule has 1 aromatic heterocycles. The highest BCUT2D eigenvalue weighted by Gasteiger charge is 2.05. The number of rotatable bonds is 5. The molecule has 0 aliphatic heterocycles. The zero-order valence-electron chi connectivity index (χ0n) is 8.38. The van der Waals surface area contributed by atoms with E-state index in [0.717, 1.165) is 25.1 Å². The van der Waals surface area contributed by atoms with Crippen LogP contribution in [0.3, 0.4) is 0 Å². The van der Waals surface area contributed by atoms with Gasteiger partial charge in [0.05, 0.1) is 17.6 Å². The molecule has 1 aromatic rings. The van der Waals surface area contributed by atoms with Crippen LogP contribution in [0.4, 0.5) is 5.69 Å². The first-order valence-electron chi connectivity index (χ1n) is 4.74. The molecule has 0 unspecified atom stereocenters. The van der Waals surface area contributed by atoms with Crippen LogP contribution in [0.25, 0.3) is 0 Å². The molecule has 13 heavy (non-hydrogen) atoms. The van der Waals surface area contributed by atoms with Crippen molar-refractivity contribution in [3.8, 4) is 0 Å². The zero-order valence-corrected chi connectivity index (χ0v) is 8.38. The summed E-state index contributed by atoms with van der Waals surface area (Å²) in [5.41, 5.74) is 7.80. The first kappa shape index (κ1) is 10.1. The van der Waals surface area contributed by atoms with E-state index in [9.17, 15) is 0 Å². The summed E-state index contributed by atoms with van der Waals surface area (Å²) in [5, 5.41) is 7.46. The van der Waals surface area contributed by atoms with Gasteiger partial charge in [0.2, 0.25) is 0 Å². The molecular formula is C9H18N4. The molecule has 74 valence electrons. The van der Waals surface area contributed by atoms with Crippen LogP contribution >= 0.6 is 0 Å². The lowest BCUT2D eigenvalue weighted by Gasteiger charge is -2.06. The fourth-order valence-corrected chi connectivity index (χ4v) is 1.35. The molecule has 0 atom stereocenters. The van der Waals surface area contributed by atoms with E-state index in [2.05, 4.69) is 17.3 Å². The van der Waals surface area contributed by atoms with Gasteiger partial charge in [0.1, 0.15) is 0 Å². The predicted molar refractivity (Wildman–Crippen MR) is 54.7 cm³/mol. The van der Waals surface area contributed by atoms with Crippen molar-refractivity contribution in [3.63, 3.8) is 0 Å². The highest BCUT2D eigenvalue weighted by Crippen LogP contribution is 2.15. The zero-order chi connectivity index (χ0) is 9.68. The SMILES string of the molecule is CCCc1c(NCCN)cnn1C. The van der Waals surface area contributed by atoms with Crippen LogP contribution < -0.4 is 11.1 Å². The average Bonchev–Trinajstić information content (AvgIpc) is 2.46. The number of nitrogens with zero attached hydrogens (tertiary/aromatic N) is 2. The maximum absolute atomic E-state index is 5.42. The van der Waals surface area contributed by atoms with E-state index in [1.54, 1.807) is 0 Å². The molecule has 3 N–H and O–H groups in total. The standard InChI is InChI=1S/C9H18N4/c1-3-4-9-8(11-6-5-10)7-12-13(9)2/h7,11H,3-6,10H2,1-2H3. The number of hydrogen-bond donors (Lipinski definition) is 2. The highest BCUT2D eigenvalue weighted by molar-refractivity contribution is 5.46. The molecule has 1 heterocycles. The summed E-state index contributed by atoms with van der Waals surface area (Å²) in [5.74, 6) is 0. The predicted octanol–water partition coefficient (Wildman–Crippen LogP) is 0.743. The second-order valence-electron chi connectivity index (χ2n) is 3.09. The van der Waals surface area contributed by atoms with E-state index in [1.165, 1.54) is 5.69 Å². The quantitative estimate of drug-likeness (QED) is 0.706. The largest absolute Gasteiger partial charge is 0.381 e. The molecule has 0 amide bonds. The Morgan fingerprint density at radius 2 is 2.38 bits per heavy atom. The average molecular weight is 182 g/mol. The van der Waals surface area contributed by atoms with Gasteiger partial charge >= 0.3 is 0 Å². The van der Waals surface area contributed by atoms with Gasteiger partial charge in [-0.1, -0.05) is 13.3 Å². The summed E-state index contributed by atoms with van der Waals surface area (Å²) in [4.78, 5) is 0. The molecule has 0 bridgehead atoms. The van der Waals surface area contributed by atoms with E-state index in [0.29, 0.717) is 6.54 Å². The molecule has 4 heteroatoms. The molecule has 1 rings (SSSR count). The molecule has 0 radical (unpaired) electrons. The lowest BCUT2D eigenvalue weighted by atomic mass is 10.2. The number of aromatic nitrogens is 2. The van der Waals surface area contributed by atoms with Crippen LogP contribution in [0.5, 0.6) is 0 Å². The lowest BCUT2D eigenvalue weighted by molar-refractivity contribution is 0.698. The van der Waals surface area contributed by atoms with Gasteiger partial charge in [-0.25, -0.2) is 0 Å². The lowest BCUT2D eigenvalue weighted by Crippen LogP contribution is -2.14. The van der Waals surface area contributed by atoms with Crippen LogP contribution in [0.15, 0.2) is 6.20 Å². The third kappa shape index (κ3) is 2.45. The van der Waals surface area contributed by atoms with Crippen molar-refractivity contribution in [1.82, 2.24) is 9.78 Å². The fraction of sp³-hybridized carbons (Fsp3) is 0.667. The summed E-state index contributed by atoms with van der Waals surface area (Å²) in [6.07, 6.45) is 4.06. The van der Waals surface area contributed by atoms with E-state index in [1.807, 2.05) is 17.9 Å². The second kappa shape index (κ2) is 4.87. The third-order valence-electron chi connectivity index (χ3n) is 2.01. The number of nitrogens with two attached hydrogens (primary N) is 1. The van der Waals surface area contributed by atoms with Crippen LogP contribution in [-0.4, -0.2) is 22.9 Å². The minimum Gasteiger partial charge on any atom is -0.381 e. The Labute approximate surface area is 79.1 Å². The Kier molecular flexibility index (Phi) is 3.76. The Hall–Kier alpha value is -1.03. The molecule has 0 aromatic carbocycles. The summed E-state index contributed by atoms with van der Waals surface area (Å²) in [7, 11) is 1.97. The van der Waals surface area contributed by atoms with Crippen molar-refractivity contribution in [1.29, 1.82) is 0 Å². The van der Waals surface area contributed by atoms with Gasteiger partial charge in [0.25, 0.3) is 0 Å². The molecular weight excluding hydrogens is 164 g/mol. The molecule has 0 aliphatic carbocycles. The Morgan fingerprint density at radius 3 is 3.00 bits per heavy atom. The topological polar surface area (TPSA) is 55.9 Å². The van der Waals surface area contributed by atoms with E-state index >= 15 is 0 Å². The van der Waals surface area contributed by atoms with Gasteiger partial charge in [-0.3, -0.25) is 4.68 Å². The number of hydrogen-bond acceptors (Lipinski definition) is 3. The van der Waals surface area contributed by atoms with E-state index < -0.39 is 0 Å². The highest BCUT2D eigenvalue weighted by atomic mass is 15.3. The summed E-state index contributed by atoms with van der Waals surface area (Å²) in [6, 6.07) is 0. The Balaban J connectivity index is 2.68. The minimum atomic E-state index is 0.653. The molecule has 4 nitrogen and oxygen atoms in total. The van der Waals surface area contributed by atoms with Crippen LogP contribution in [0, 0.1) is 0 Å². The van der Waals surface area contributed by atoms with E-state index in [-0.39, 0.29) is 0 Å². The number of anilines is 1. The van der Waals surface area contributed by atoms with Crippen molar-refractivity contribution in [3.05, 3.63) is 11.9 Å². The first-order valence-corrected chi connectivity index (χ1v) is 4.74. The van der Waals surface area contributed by atoms with Gasteiger partial charge in [0, 0.05) is 20.1 Å². The smallest absolute Gasteiger partial charge is 0.0759 e. The van der Waals surface area contributed by atoms with Crippen molar-refractivity contribution in [2.75, 3.05) is 18.4 Å². The maximum atomic E-state index is 5.42. The van der Waals surface area contributed by atoms with Gasteiger partial charge in [-0.05, 0) is 6.42 Å². The molecule has 0 fully saturated rings. The molecule has 0 spiro atoms. The molecule has 0 saturated heterocycles. The van der Waals surface area contributed by atoms with Crippen molar-refractivity contribution in [2.45, 2.75) is 19.8 Å². The van der Waals surface area contributed by atoms with Gasteiger partial charge in [-0.15, -0.1) is 0 Å². The normalized spacial score (nSPS) is 10.4. The van der Waals surface area contributed by atoms with Crippen LogP contribution in [-0.2, 0) is 13.5 Å². The molecule has 0 saturated carbocycles. The fourth-order valence-electron chi connectivity index (χ4n) is 1.35. The first-order chi connectivity index (χ1) is 6.29. The third-order valence-corrected chi connectivity index (χ3v) is 2.01. The summed E-state index contributed by atoms with van der Waals surface area (Å²) < 4.78 is 1.92. The van der Waals surface area contributed by atoms with Crippen molar-refractivity contribution < 1.29 is 0 Å². The Morgan fingerprint density at radius 1 is 1.62 bits per heavy atom. The Bertz CT molecular complexity index is 254. The number of aryl methyl sites for hydroxylation is 1. The van der Waals surface area contributed by atoms with Crippen LogP contribution in [0.1, 0.15) is 19.0 Å². The second-order valence-corrected chi connectivity index (χ2v) is 3.09. The van der Waals surface area contributed by atoms with Gasteiger partial charge in [-0.2, -0.15) is 5.10 Å². The summed E-state index contributed by atoms with van der Waals surface area (Å²) in [6.45, 7) is 3.63. The van der Waals surface area contributed by atoms with Crippen LogP contribution in [0.2, 0.25) is 0 Å². The van der Waals surface area contributed by atoms with Gasteiger partial charge in [0.15, 0.2) is 0 Å². The maximum Gasteiger partial charge on any atom is 0.0759 e. The minimum absolute atomic E-state index is 0.653. The molecule has 0 aliphatic rings. The summed E-state index contributed by atoms with van der Waals surface area (Å²) >= 11 is 0. The van der Waals surface area contributed by atoms with Crippen molar-refractivity contribution in [2.24, 2.45) is 12.8 Å².